The summed E-state index contributed by atoms with van der Waals surface area (Å²) < 4.78 is 4.70. The Morgan fingerprint density at radius 1 is 1.29 bits per heavy atom. The highest BCUT2D eigenvalue weighted by Crippen LogP contribution is 2.43. The quantitative estimate of drug-likeness (QED) is 0.477. The molecule has 0 aromatic carbocycles. The van der Waals surface area contributed by atoms with Crippen molar-refractivity contribution in [2.75, 3.05) is 7.11 Å². The molecule has 3 nitrogen and oxygen atoms in total. The molecule has 1 atom stereocenters. The van der Waals surface area contributed by atoms with Gasteiger partial charge in [0.1, 0.15) is 5.41 Å². The van der Waals surface area contributed by atoms with Gasteiger partial charge in [0.25, 0.3) is 0 Å². The second-order valence-corrected chi connectivity index (χ2v) is 4.89. The minimum absolute atomic E-state index is 0.0168. The lowest BCUT2D eigenvalue weighted by molar-refractivity contribution is -0.163. The zero-order valence-corrected chi connectivity index (χ0v) is 9.35. The third kappa shape index (κ3) is 1.56. The fraction of sp³-hybridized carbons (Fsp3) is 0.818. The molecular formula is C11H18O3. The van der Waals surface area contributed by atoms with Crippen LogP contribution in [0.3, 0.4) is 0 Å². The highest BCUT2D eigenvalue weighted by atomic mass is 16.5. The van der Waals surface area contributed by atoms with Gasteiger partial charge in [-0.3, -0.25) is 9.59 Å². The normalized spacial score (nSPS) is 31.3. The summed E-state index contributed by atoms with van der Waals surface area (Å²) in [7, 11) is 1.34. The second kappa shape index (κ2) is 3.37. The van der Waals surface area contributed by atoms with Gasteiger partial charge in [0.05, 0.1) is 7.11 Å². The molecule has 1 rings (SSSR count). The predicted molar refractivity (Wildman–Crippen MR) is 52.8 cm³/mol. The van der Waals surface area contributed by atoms with Gasteiger partial charge in [-0.05, 0) is 19.8 Å². The third-order valence-electron chi connectivity index (χ3n) is 3.23. The van der Waals surface area contributed by atoms with Crippen LogP contribution in [0.4, 0.5) is 0 Å². The first-order valence-electron chi connectivity index (χ1n) is 4.98. The van der Waals surface area contributed by atoms with E-state index in [-0.39, 0.29) is 11.2 Å². The summed E-state index contributed by atoms with van der Waals surface area (Å²) in [6.45, 7) is 5.49. The van der Waals surface area contributed by atoms with E-state index in [1.807, 2.05) is 13.8 Å². The van der Waals surface area contributed by atoms with E-state index in [4.69, 9.17) is 4.74 Å². The maximum absolute atomic E-state index is 12.1. The number of Topliss-reactive ketones (excluding diaryl/α,β-unsaturated/α-hetero) is 1. The van der Waals surface area contributed by atoms with Crippen LogP contribution in [0.15, 0.2) is 0 Å². The molecule has 1 aliphatic carbocycles. The molecule has 0 aliphatic heterocycles. The van der Waals surface area contributed by atoms with Gasteiger partial charge < -0.3 is 4.74 Å². The maximum atomic E-state index is 12.1. The smallest absolute Gasteiger partial charge is 0.319 e. The van der Waals surface area contributed by atoms with Gasteiger partial charge in [-0.25, -0.2) is 0 Å². The van der Waals surface area contributed by atoms with E-state index in [0.29, 0.717) is 6.42 Å². The summed E-state index contributed by atoms with van der Waals surface area (Å²) in [6.07, 6.45) is 2.38. The minimum Gasteiger partial charge on any atom is -0.468 e. The summed E-state index contributed by atoms with van der Waals surface area (Å²) in [5.41, 5.74) is -1.31. The van der Waals surface area contributed by atoms with E-state index >= 15 is 0 Å². The third-order valence-corrected chi connectivity index (χ3v) is 3.23. The lowest BCUT2D eigenvalue weighted by Gasteiger charge is -2.38. The molecule has 0 radical (unpaired) electrons. The Balaban J connectivity index is 2.99. The summed E-state index contributed by atoms with van der Waals surface area (Å²) in [4.78, 5) is 23.6. The van der Waals surface area contributed by atoms with E-state index in [0.717, 1.165) is 12.8 Å². The lowest BCUT2D eigenvalue weighted by Crippen LogP contribution is -2.48. The predicted octanol–water partition coefficient (Wildman–Crippen LogP) is 1.94. The van der Waals surface area contributed by atoms with Crippen molar-refractivity contribution in [3.05, 3.63) is 0 Å². The van der Waals surface area contributed by atoms with Crippen LogP contribution in [0.1, 0.15) is 40.0 Å². The van der Waals surface area contributed by atoms with Gasteiger partial charge in [0, 0.05) is 5.41 Å². The molecule has 80 valence electrons. The van der Waals surface area contributed by atoms with Crippen LogP contribution in [-0.2, 0) is 14.3 Å². The van der Waals surface area contributed by atoms with E-state index < -0.39 is 11.4 Å². The van der Waals surface area contributed by atoms with Gasteiger partial charge in [-0.1, -0.05) is 20.3 Å². The zero-order chi connectivity index (χ0) is 11.0. The summed E-state index contributed by atoms with van der Waals surface area (Å²) in [5.74, 6) is -0.377. The molecule has 14 heavy (non-hydrogen) atoms. The highest BCUT2D eigenvalue weighted by Gasteiger charge is 2.50. The largest absolute Gasteiger partial charge is 0.468 e. The first-order chi connectivity index (χ1) is 6.34. The molecule has 0 bridgehead atoms. The van der Waals surface area contributed by atoms with Crippen molar-refractivity contribution in [3.8, 4) is 0 Å². The summed E-state index contributed by atoms with van der Waals surface area (Å²) in [6, 6.07) is 0. The van der Waals surface area contributed by atoms with Crippen LogP contribution < -0.4 is 0 Å². The first kappa shape index (κ1) is 11.2. The number of hydrogen-bond donors (Lipinski definition) is 0. The topological polar surface area (TPSA) is 43.4 Å². The minimum atomic E-state index is -0.920. The SMILES string of the molecule is COC(=O)[C@]1(C)CCCC(C)(C)C1=O. The number of carbonyl (C=O) groups is 2. The molecule has 0 spiro atoms. The molecule has 0 amide bonds. The van der Waals surface area contributed by atoms with Crippen molar-refractivity contribution in [1.82, 2.24) is 0 Å². The second-order valence-electron chi connectivity index (χ2n) is 4.89. The summed E-state index contributed by atoms with van der Waals surface area (Å²) in [5, 5.41) is 0. The number of hydrogen-bond acceptors (Lipinski definition) is 3. The first-order valence-corrected chi connectivity index (χ1v) is 4.98. The van der Waals surface area contributed by atoms with E-state index in [9.17, 15) is 9.59 Å². The molecule has 0 aromatic heterocycles. The van der Waals surface area contributed by atoms with Gasteiger partial charge in [-0.2, -0.15) is 0 Å². The van der Waals surface area contributed by atoms with Crippen molar-refractivity contribution in [3.63, 3.8) is 0 Å². The average molecular weight is 198 g/mol. The molecular weight excluding hydrogens is 180 g/mol. The van der Waals surface area contributed by atoms with Crippen molar-refractivity contribution in [1.29, 1.82) is 0 Å². The fourth-order valence-electron chi connectivity index (χ4n) is 2.28. The van der Waals surface area contributed by atoms with Crippen LogP contribution in [0.2, 0.25) is 0 Å². The molecule has 0 unspecified atom stereocenters. The lowest BCUT2D eigenvalue weighted by atomic mass is 9.63. The van der Waals surface area contributed by atoms with Gasteiger partial charge >= 0.3 is 5.97 Å². The van der Waals surface area contributed by atoms with Gasteiger partial charge in [0.15, 0.2) is 5.78 Å². The average Bonchev–Trinajstić information content (AvgIpc) is 2.12. The van der Waals surface area contributed by atoms with Crippen LogP contribution in [0, 0.1) is 10.8 Å². The van der Waals surface area contributed by atoms with E-state index in [2.05, 4.69) is 0 Å². The Labute approximate surface area is 84.8 Å². The van der Waals surface area contributed by atoms with Gasteiger partial charge in [-0.15, -0.1) is 0 Å². The fourth-order valence-corrected chi connectivity index (χ4v) is 2.28. The number of ether oxygens (including phenoxy) is 1. The van der Waals surface area contributed by atoms with Gasteiger partial charge in [0.2, 0.25) is 0 Å². The Hall–Kier alpha value is -0.860. The number of rotatable bonds is 1. The van der Waals surface area contributed by atoms with E-state index in [1.165, 1.54) is 7.11 Å². The number of methoxy groups -OCH3 is 1. The van der Waals surface area contributed by atoms with Crippen molar-refractivity contribution in [2.45, 2.75) is 40.0 Å². The standard InChI is InChI=1S/C11H18O3/c1-10(2)6-5-7-11(3,8(10)12)9(13)14-4/h5-7H2,1-4H3/t11-/m1/s1. The molecule has 0 saturated heterocycles. The monoisotopic (exact) mass is 198 g/mol. The van der Waals surface area contributed by atoms with Crippen molar-refractivity contribution >= 4 is 11.8 Å². The Kier molecular flexibility index (Phi) is 2.70. The molecule has 0 aromatic rings. The zero-order valence-electron chi connectivity index (χ0n) is 9.35. The molecule has 1 aliphatic rings. The van der Waals surface area contributed by atoms with Crippen LogP contribution in [0.5, 0.6) is 0 Å². The van der Waals surface area contributed by atoms with Crippen LogP contribution in [-0.4, -0.2) is 18.9 Å². The Bertz CT molecular complexity index is 268. The maximum Gasteiger partial charge on any atom is 0.319 e. The highest BCUT2D eigenvalue weighted by molar-refractivity contribution is 6.06. The van der Waals surface area contributed by atoms with Crippen molar-refractivity contribution < 1.29 is 14.3 Å². The van der Waals surface area contributed by atoms with Crippen LogP contribution >= 0.6 is 0 Å². The molecule has 3 heteroatoms. The number of ketones is 1. The number of esters is 1. The molecule has 1 saturated carbocycles. The Morgan fingerprint density at radius 3 is 2.36 bits per heavy atom. The van der Waals surface area contributed by atoms with Crippen molar-refractivity contribution in [2.24, 2.45) is 10.8 Å². The Morgan fingerprint density at radius 2 is 1.86 bits per heavy atom. The molecule has 0 N–H and O–H groups in total. The van der Waals surface area contributed by atoms with E-state index in [1.54, 1.807) is 6.92 Å². The molecule has 1 fully saturated rings. The summed E-state index contributed by atoms with van der Waals surface area (Å²) >= 11 is 0. The van der Waals surface area contributed by atoms with Crippen LogP contribution in [0.25, 0.3) is 0 Å². The molecule has 0 heterocycles. The number of carbonyl (C=O) groups excluding carboxylic acids is 2.